The van der Waals surface area contributed by atoms with Crippen molar-refractivity contribution in [1.29, 1.82) is 0 Å². The van der Waals surface area contributed by atoms with E-state index in [1.165, 1.54) is 22.3 Å². The first-order chi connectivity index (χ1) is 17.0. The lowest BCUT2D eigenvalue weighted by Crippen LogP contribution is -2.50. The van der Waals surface area contributed by atoms with Gasteiger partial charge in [0.15, 0.2) is 0 Å². The first-order valence-corrected chi connectivity index (χ1v) is 12.3. The highest BCUT2D eigenvalue weighted by atomic mass is 16.5. The first-order valence-electron chi connectivity index (χ1n) is 12.3. The Morgan fingerprint density at radius 3 is 2.31 bits per heavy atom. The van der Waals surface area contributed by atoms with E-state index >= 15 is 0 Å². The molecule has 0 aromatic heterocycles. The molecular formula is C28H30N2O5. The normalized spacial score (nSPS) is 18.9. The molecule has 0 saturated carbocycles. The number of likely N-dealkylation sites (tertiary alicyclic amines) is 1. The van der Waals surface area contributed by atoms with Gasteiger partial charge < -0.3 is 20.1 Å². The molecule has 35 heavy (non-hydrogen) atoms. The predicted molar refractivity (Wildman–Crippen MR) is 131 cm³/mol. The van der Waals surface area contributed by atoms with Crippen LogP contribution in [0.15, 0.2) is 60.2 Å². The van der Waals surface area contributed by atoms with Gasteiger partial charge in [0.05, 0.1) is 0 Å². The summed E-state index contributed by atoms with van der Waals surface area (Å²) in [4.78, 5) is 37.7. The van der Waals surface area contributed by atoms with Crippen LogP contribution in [-0.2, 0) is 14.3 Å². The number of hydrogen-bond donors (Lipinski definition) is 2. The van der Waals surface area contributed by atoms with E-state index in [2.05, 4.69) is 29.6 Å². The van der Waals surface area contributed by atoms with Gasteiger partial charge in [-0.05, 0) is 53.9 Å². The van der Waals surface area contributed by atoms with Crippen LogP contribution in [0.2, 0.25) is 0 Å². The van der Waals surface area contributed by atoms with E-state index in [9.17, 15) is 14.4 Å². The molecule has 1 fully saturated rings. The standard InChI is InChI=1S/C28H30N2O5/c31-26(32)11-5-6-18-15-30(16-18)27(33)19-12-13-20(14-19)29-28(34)35-17-25-23-9-3-1-7-21(23)22-8-2-4-10-24(22)25/h1-4,7-10,12,18,20,25H,5-6,11,13-17H2,(H,29,34)(H,31,32). The third-order valence-corrected chi connectivity index (χ3v) is 7.30. The molecule has 5 rings (SSSR count). The van der Waals surface area contributed by atoms with Gasteiger partial charge in [0.2, 0.25) is 5.91 Å². The third-order valence-electron chi connectivity index (χ3n) is 7.30. The Labute approximate surface area is 204 Å². The summed E-state index contributed by atoms with van der Waals surface area (Å²) in [6.07, 6.45) is 4.23. The summed E-state index contributed by atoms with van der Waals surface area (Å²) in [6.45, 7) is 1.63. The monoisotopic (exact) mass is 474 g/mol. The first kappa shape index (κ1) is 23.1. The number of benzene rings is 2. The summed E-state index contributed by atoms with van der Waals surface area (Å²) >= 11 is 0. The van der Waals surface area contributed by atoms with Crippen molar-refractivity contribution in [2.75, 3.05) is 19.7 Å². The number of nitrogens with zero attached hydrogens (tertiary/aromatic N) is 1. The molecule has 1 heterocycles. The highest BCUT2D eigenvalue weighted by Crippen LogP contribution is 2.44. The van der Waals surface area contributed by atoms with Crippen LogP contribution < -0.4 is 5.32 Å². The minimum Gasteiger partial charge on any atom is -0.481 e. The van der Waals surface area contributed by atoms with Crippen LogP contribution in [0, 0.1) is 5.92 Å². The molecule has 1 unspecified atom stereocenters. The van der Waals surface area contributed by atoms with Gasteiger partial charge in [-0.1, -0.05) is 54.6 Å². The number of rotatable bonds is 8. The Kier molecular flexibility index (Phi) is 6.57. The van der Waals surface area contributed by atoms with Gasteiger partial charge in [-0.3, -0.25) is 9.59 Å². The second kappa shape index (κ2) is 9.94. The highest BCUT2D eigenvalue weighted by molar-refractivity contribution is 5.94. The molecule has 0 radical (unpaired) electrons. The molecule has 2 aliphatic carbocycles. The van der Waals surface area contributed by atoms with Gasteiger partial charge in [-0.15, -0.1) is 0 Å². The van der Waals surface area contributed by atoms with Crippen LogP contribution in [0.3, 0.4) is 0 Å². The predicted octanol–water partition coefficient (Wildman–Crippen LogP) is 4.33. The van der Waals surface area contributed by atoms with E-state index in [0.717, 1.165) is 12.0 Å². The fourth-order valence-electron chi connectivity index (χ4n) is 5.47. The van der Waals surface area contributed by atoms with Crippen molar-refractivity contribution in [3.63, 3.8) is 0 Å². The van der Waals surface area contributed by atoms with Crippen LogP contribution in [0.1, 0.15) is 49.1 Å². The lowest BCUT2D eigenvalue weighted by Gasteiger charge is -2.39. The zero-order chi connectivity index (χ0) is 24.4. The average molecular weight is 475 g/mol. The van der Waals surface area contributed by atoms with Crippen LogP contribution in [0.25, 0.3) is 11.1 Å². The minimum atomic E-state index is -0.775. The van der Waals surface area contributed by atoms with Crippen LogP contribution in [0.4, 0.5) is 4.79 Å². The molecule has 7 heteroatoms. The van der Waals surface area contributed by atoms with Crippen molar-refractivity contribution in [1.82, 2.24) is 10.2 Å². The molecule has 1 atom stereocenters. The number of carbonyl (C=O) groups excluding carboxylic acids is 2. The average Bonchev–Trinajstić information content (AvgIpc) is 3.41. The molecule has 2 N–H and O–H groups in total. The number of nitrogens with one attached hydrogen (secondary N) is 1. The maximum absolute atomic E-state index is 12.7. The van der Waals surface area contributed by atoms with Gasteiger partial charge in [-0.25, -0.2) is 4.79 Å². The molecule has 7 nitrogen and oxygen atoms in total. The number of alkyl carbamates (subject to hydrolysis) is 1. The van der Waals surface area contributed by atoms with E-state index in [1.807, 2.05) is 35.2 Å². The number of amides is 2. The highest BCUT2D eigenvalue weighted by Gasteiger charge is 2.34. The summed E-state index contributed by atoms with van der Waals surface area (Å²) in [5.74, 6) is -0.350. The van der Waals surface area contributed by atoms with Gasteiger partial charge >= 0.3 is 12.1 Å². The molecular weight excluding hydrogens is 444 g/mol. The van der Waals surface area contributed by atoms with Crippen LogP contribution in [0.5, 0.6) is 0 Å². The number of ether oxygens (including phenoxy) is 1. The quantitative estimate of drug-likeness (QED) is 0.594. The Hall–Kier alpha value is -3.61. The van der Waals surface area contributed by atoms with Crippen molar-refractivity contribution in [3.8, 4) is 11.1 Å². The van der Waals surface area contributed by atoms with Gasteiger partial charge in [0, 0.05) is 37.0 Å². The van der Waals surface area contributed by atoms with E-state index in [4.69, 9.17) is 9.84 Å². The summed E-state index contributed by atoms with van der Waals surface area (Å²) in [5, 5.41) is 11.7. The van der Waals surface area contributed by atoms with Crippen LogP contribution in [-0.4, -0.2) is 53.7 Å². The Bertz CT molecular complexity index is 1120. The van der Waals surface area contributed by atoms with Crippen molar-refractivity contribution < 1.29 is 24.2 Å². The number of carboxylic acid groups (broad SMARTS) is 1. The van der Waals surface area contributed by atoms with Gasteiger partial charge in [0.1, 0.15) is 6.61 Å². The number of carbonyl (C=O) groups is 3. The fourth-order valence-corrected chi connectivity index (χ4v) is 5.47. The topological polar surface area (TPSA) is 95.9 Å². The Balaban J connectivity index is 1.07. The van der Waals surface area contributed by atoms with E-state index in [0.29, 0.717) is 38.3 Å². The van der Waals surface area contributed by atoms with Crippen molar-refractivity contribution in [2.45, 2.75) is 44.1 Å². The van der Waals surface area contributed by atoms with E-state index < -0.39 is 12.1 Å². The molecule has 2 aromatic rings. The Morgan fingerprint density at radius 1 is 1.00 bits per heavy atom. The number of carboxylic acids is 1. The largest absolute Gasteiger partial charge is 0.481 e. The van der Waals surface area contributed by atoms with Crippen LogP contribution >= 0.6 is 0 Å². The molecule has 2 amide bonds. The maximum atomic E-state index is 12.7. The van der Waals surface area contributed by atoms with Gasteiger partial charge in [0.25, 0.3) is 0 Å². The van der Waals surface area contributed by atoms with Crippen molar-refractivity contribution >= 4 is 18.0 Å². The third kappa shape index (κ3) is 4.94. The number of aliphatic carboxylic acids is 1. The zero-order valence-electron chi connectivity index (χ0n) is 19.6. The van der Waals surface area contributed by atoms with Crippen molar-refractivity contribution in [2.24, 2.45) is 5.92 Å². The molecule has 182 valence electrons. The second-order valence-corrected chi connectivity index (χ2v) is 9.70. The van der Waals surface area contributed by atoms with E-state index in [-0.39, 0.29) is 30.9 Å². The minimum absolute atomic E-state index is 0.0156. The molecule has 0 bridgehead atoms. The smallest absolute Gasteiger partial charge is 0.407 e. The summed E-state index contributed by atoms with van der Waals surface area (Å²) in [7, 11) is 0. The SMILES string of the molecule is O=C(O)CCCC1CN(C(=O)C2=CCC(NC(=O)OCC3c4ccccc4-c4ccccc43)C2)C1. The van der Waals surface area contributed by atoms with E-state index in [1.54, 1.807) is 0 Å². The summed E-state index contributed by atoms with van der Waals surface area (Å²) in [6, 6.07) is 16.3. The maximum Gasteiger partial charge on any atom is 0.407 e. The molecule has 1 saturated heterocycles. The molecule has 1 aliphatic heterocycles. The van der Waals surface area contributed by atoms with Crippen molar-refractivity contribution in [3.05, 3.63) is 71.3 Å². The molecule has 2 aromatic carbocycles. The van der Waals surface area contributed by atoms with Gasteiger partial charge in [-0.2, -0.15) is 0 Å². The molecule has 0 spiro atoms. The fraction of sp³-hybridized carbons (Fsp3) is 0.393. The second-order valence-electron chi connectivity index (χ2n) is 9.70. The summed E-state index contributed by atoms with van der Waals surface area (Å²) < 4.78 is 5.64. The molecule has 3 aliphatic rings. The summed E-state index contributed by atoms with van der Waals surface area (Å²) in [5.41, 5.74) is 5.46. The number of hydrogen-bond acceptors (Lipinski definition) is 4. The Morgan fingerprint density at radius 2 is 1.66 bits per heavy atom. The number of fused-ring (bicyclic) bond motifs is 3. The lowest BCUT2D eigenvalue weighted by atomic mass is 9.93. The zero-order valence-corrected chi connectivity index (χ0v) is 19.6. The lowest BCUT2D eigenvalue weighted by molar-refractivity contribution is -0.138.